The minimum atomic E-state index is -0.394. The lowest BCUT2D eigenvalue weighted by Gasteiger charge is -1.97. The van der Waals surface area contributed by atoms with Crippen LogP contribution in [-0.2, 0) is 11.2 Å². The van der Waals surface area contributed by atoms with E-state index in [-0.39, 0.29) is 5.78 Å². The van der Waals surface area contributed by atoms with E-state index in [2.05, 4.69) is 4.98 Å². The minimum absolute atomic E-state index is 0.0792. The van der Waals surface area contributed by atoms with E-state index in [1.54, 1.807) is 13.0 Å². The van der Waals surface area contributed by atoms with Crippen molar-refractivity contribution in [3.05, 3.63) is 23.0 Å². The molecule has 0 unspecified atom stereocenters. The zero-order valence-corrected chi connectivity index (χ0v) is 7.92. The van der Waals surface area contributed by atoms with Gasteiger partial charge < -0.3 is 9.72 Å². The predicted molar refractivity (Wildman–Crippen MR) is 49.4 cm³/mol. The SMILES string of the molecule is CCOC(=O)c1cc2c([nH]1)C(=O)CC2. The molecule has 1 aliphatic rings. The first-order valence-electron chi connectivity index (χ1n) is 4.64. The summed E-state index contributed by atoms with van der Waals surface area (Å²) in [4.78, 5) is 25.4. The molecule has 1 aromatic rings. The van der Waals surface area contributed by atoms with Crippen molar-refractivity contribution in [2.45, 2.75) is 19.8 Å². The van der Waals surface area contributed by atoms with E-state index in [1.807, 2.05) is 0 Å². The molecule has 14 heavy (non-hydrogen) atoms. The second kappa shape index (κ2) is 3.29. The summed E-state index contributed by atoms with van der Waals surface area (Å²) < 4.78 is 4.82. The molecule has 1 N–H and O–H groups in total. The van der Waals surface area contributed by atoms with Gasteiger partial charge >= 0.3 is 5.97 Å². The number of rotatable bonds is 2. The zero-order chi connectivity index (χ0) is 10.1. The average molecular weight is 193 g/mol. The van der Waals surface area contributed by atoms with Crippen LogP contribution in [0.25, 0.3) is 0 Å². The number of fused-ring (bicyclic) bond motifs is 1. The van der Waals surface area contributed by atoms with Crippen LogP contribution in [0.3, 0.4) is 0 Å². The number of hydrogen-bond acceptors (Lipinski definition) is 3. The molecule has 2 rings (SSSR count). The number of aryl methyl sites for hydroxylation is 1. The van der Waals surface area contributed by atoms with Gasteiger partial charge in [0.25, 0.3) is 0 Å². The third-order valence-corrected chi connectivity index (χ3v) is 2.29. The molecule has 0 amide bonds. The molecule has 0 saturated carbocycles. The van der Waals surface area contributed by atoms with E-state index in [4.69, 9.17) is 4.74 Å². The number of carbonyl (C=O) groups is 2. The summed E-state index contributed by atoms with van der Waals surface area (Å²) in [7, 11) is 0. The van der Waals surface area contributed by atoms with Crippen LogP contribution in [-0.4, -0.2) is 23.3 Å². The maximum atomic E-state index is 11.3. The molecular formula is C10H11NO3. The highest BCUT2D eigenvalue weighted by molar-refractivity contribution is 6.01. The van der Waals surface area contributed by atoms with Crippen LogP contribution >= 0.6 is 0 Å². The van der Waals surface area contributed by atoms with E-state index in [0.717, 1.165) is 12.0 Å². The highest BCUT2D eigenvalue weighted by Gasteiger charge is 2.24. The molecule has 1 heterocycles. The first kappa shape index (κ1) is 8.99. The molecule has 4 nitrogen and oxygen atoms in total. The van der Waals surface area contributed by atoms with Crippen LogP contribution in [0.2, 0.25) is 0 Å². The van der Waals surface area contributed by atoms with Crippen LogP contribution in [0.15, 0.2) is 6.07 Å². The molecule has 0 aromatic carbocycles. The highest BCUT2D eigenvalue weighted by atomic mass is 16.5. The van der Waals surface area contributed by atoms with Crippen molar-refractivity contribution in [1.29, 1.82) is 0 Å². The van der Waals surface area contributed by atoms with Crippen molar-refractivity contribution >= 4 is 11.8 Å². The lowest BCUT2D eigenvalue weighted by Crippen LogP contribution is -2.06. The van der Waals surface area contributed by atoms with Crippen molar-refractivity contribution in [3.63, 3.8) is 0 Å². The fourth-order valence-corrected chi connectivity index (χ4v) is 1.64. The van der Waals surface area contributed by atoms with Gasteiger partial charge in [0.2, 0.25) is 0 Å². The smallest absolute Gasteiger partial charge is 0.354 e. The number of ketones is 1. The summed E-state index contributed by atoms with van der Waals surface area (Å²) >= 11 is 0. The van der Waals surface area contributed by atoms with Gasteiger partial charge in [-0.2, -0.15) is 0 Å². The molecular weight excluding hydrogens is 182 g/mol. The summed E-state index contributed by atoms with van der Waals surface area (Å²) in [6, 6.07) is 1.71. The first-order valence-corrected chi connectivity index (χ1v) is 4.64. The molecule has 1 aromatic heterocycles. The lowest BCUT2D eigenvalue weighted by molar-refractivity contribution is 0.0520. The largest absolute Gasteiger partial charge is 0.461 e. The predicted octanol–water partition coefficient (Wildman–Crippen LogP) is 1.32. The van der Waals surface area contributed by atoms with Crippen molar-refractivity contribution in [1.82, 2.24) is 4.98 Å². The number of ether oxygens (including phenoxy) is 1. The van der Waals surface area contributed by atoms with Gasteiger partial charge in [0.05, 0.1) is 12.3 Å². The fraction of sp³-hybridized carbons (Fsp3) is 0.400. The first-order chi connectivity index (χ1) is 6.72. The van der Waals surface area contributed by atoms with Gasteiger partial charge in [0.15, 0.2) is 5.78 Å². The van der Waals surface area contributed by atoms with Gasteiger partial charge in [-0.1, -0.05) is 0 Å². The Kier molecular flexibility index (Phi) is 2.11. The number of esters is 1. The van der Waals surface area contributed by atoms with Crippen molar-refractivity contribution in [2.24, 2.45) is 0 Å². The van der Waals surface area contributed by atoms with Crippen LogP contribution in [0.4, 0.5) is 0 Å². The van der Waals surface area contributed by atoms with Gasteiger partial charge in [0.1, 0.15) is 5.69 Å². The Balaban J connectivity index is 2.27. The molecule has 1 aliphatic carbocycles. The summed E-state index contributed by atoms with van der Waals surface area (Å²) in [5, 5.41) is 0. The second-order valence-corrected chi connectivity index (χ2v) is 3.23. The van der Waals surface area contributed by atoms with Gasteiger partial charge in [-0.3, -0.25) is 4.79 Å². The number of nitrogens with one attached hydrogen (secondary N) is 1. The Morgan fingerprint density at radius 1 is 1.57 bits per heavy atom. The van der Waals surface area contributed by atoms with E-state index < -0.39 is 5.97 Å². The maximum Gasteiger partial charge on any atom is 0.354 e. The number of hydrogen-bond donors (Lipinski definition) is 1. The van der Waals surface area contributed by atoms with E-state index in [1.165, 1.54) is 0 Å². The molecule has 0 saturated heterocycles. The third kappa shape index (κ3) is 1.32. The fourth-order valence-electron chi connectivity index (χ4n) is 1.64. The van der Waals surface area contributed by atoms with Crippen LogP contribution in [0.5, 0.6) is 0 Å². The maximum absolute atomic E-state index is 11.3. The Morgan fingerprint density at radius 3 is 3.00 bits per heavy atom. The lowest BCUT2D eigenvalue weighted by atomic mass is 10.2. The minimum Gasteiger partial charge on any atom is -0.461 e. The number of aromatic amines is 1. The van der Waals surface area contributed by atoms with Gasteiger partial charge in [-0.05, 0) is 25.0 Å². The third-order valence-electron chi connectivity index (χ3n) is 2.29. The number of H-pyrrole nitrogens is 1. The summed E-state index contributed by atoms with van der Waals surface area (Å²) in [5.41, 5.74) is 1.89. The molecule has 0 fully saturated rings. The van der Waals surface area contributed by atoms with E-state index >= 15 is 0 Å². The quantitative estimate of drug-likeness (QED) is 0.720. The number of Topliss-reactive ketones (excluding diaryl/α,β-unsaturated/α-hetero) is 1. The van der Waals surface area contributed by atoms with E-state index in [9.17, 15) is 9.59 Å². The number of carbonyl (C=O) groups excluding carboxylic acids is 2. The topological polar surface area (TPSA) is 59.2 Å². The highest BCUT2D eigenvalue weighted by Crippen LogP contribution is 2.22. The monoisotopic (exact) mass is 193 g/mol. The normalized spacial score (nSPS) is 14.2. The Bertz CT molecular complexity index is 392. The molecule has 4 heteroatoms. The zero-order valence-electron chi connectivity index (χ0n) is 7.92. The van der Waals surface area contributed by atoms with Crippen LogP contribution < -0.4 is 0 Å². The summed E-state index contributed by atoms with van der Waals surface area (Å²) in [5.74, 6) is -0.315. The van der Waals surface area contributed by atoms with E-state index in [0.29, 0.717) is 24.4 Å². The van der Waals surface area contributed by atoms with Crippen molar-refractivity contribution in [2.75, 3.05) is 6.61 Å². The molecule has 0 aliphatic heterocycles. The summed E-state index contributed by atoms with van der Waals surface area (Å²) in [6.07, 6.45) is 1.27. The molecule has 0 atom stereocenters. The standard InChI is InChI=1S/C10H11NO3/c1-2-14-10(13)7-5-6-3-4-8(12)9(6)11-7/h5,11H,2-4H2,1H3. The summed E-state index contributed by atoms with van der Waals surface area (Å²) in [6.45, 7) is 2.09. The molecule has 0 bridgehead atoms. The van der Waals surface area contributed by atoms with Gasteiger partial charge in [-0.25, -0.2) is 4.79 Å². The van der Waals surface area contributed by atoms with Crippen molar-refractivity contribution in [3.8, 4) is 0 Å². The number of aromatic nitrogens is 1. The van der Waals surface area contributed by atoms with Gasteiger partial charge in [-0.15, -0.1) is 0 Å². The van der Waals surface area contributed by atoms with Crippen LogP contribution in [0.1, 0.15) is 39.9 Å². The molecule has 74 valence electrons. The second-order valence-electron chi connectivity index (χ2n) is 3.23. The molecule has 0 radical (unpaired) electrons. The molecule has 0 spiro atoms. The Labute approximate surface area is 81.3 Å². The Morgan fingerprint density at radius 2 is 2.36 bits per heavy atom. The average Bonchev–Trinajstić information content (AvgIpc) is 2.69. The van der Waals surface area contributed by atoms with Crippen LogP contribution in [0, 0.1) is 0 Å². The van der Waals surface area contributed by atoms with Crippen molar-refractivity contribution < 1.29 is 14.3 Å². The Hall–Kier alpha value is -1.58. The van der Waals surface area contributed by atoms with Gasteiger partial charge in [0, 0.05) is 6.42 Å².